The van der Waals surface area contributed by atoms with E-state index in [0.717, 1.165) is 18.4 Å². The Balaban J connectivity index is 1.59. The molecule has 0 atom stereocenters. The van der Waals surface area contributed by atoms with Gasteiger partial charge in [0.25, 0.3) is 6.43 Å². The molecule has 1 fully saturated rings. The summed E-state index contributed by atoms with van der Waals surface area (Å²) < 4.78 is 31.1. The van der Waals surface area contributed by atoms with Crippen LogP contribution in [0.15, 0.2) is 47.6 Å². The second kappa shape index (κ2) is 8.18. The molecule has 9 heteroatoms. The summed E-state index contributed by atoms with van der Waals surface area (Å²) >= 11 is 5.73. The second-order valence-electron chi connectivity index (χ2n) is 5.79. The first kappa shape index (κ1) is 18.2. The van der Waals surface area contributed by atoms with Crippen LogP contribution in [0.1, 0.15) is 36.3 Å². The summed E-state index contributed by atoms with van der Waals surface area (Å²) in [5.41, 5.74) is 8.66. The van der Waals surface area contributed by atoms with E-state index >= 15 is 0 Å². The van der Waals surface area contributed by atoms with E-state index in [0.29, 0.717) is 11.6 Å². The Morgan fingerprint density at radius 3 is 2.73 bits per heavy atom. The lowest BCUT2D eigenvalue weighted by Gasteiger charge is -2.08. The molecule has 0 aliphatic heterocycles. The zero-order valence-electron chi connectivity index (χ0n) is 13.6. The van der Waals surface area contributed by atoms with Crippen molar-refractivity contribution in [1.82, 2.24) is 9.97 Å². The number of hydrogen-bond donors (Lipinski definition) is 2. The summed E-state index contributed by atoms with van der Waals surface area (Å²) in [5.74, 6) is 0.560. The SMILES string of the molecule is N=N/C(=C\Nc1ccc(Cl)c(C(F)F)c1)COc1ncc(C2CC2)cn1. The minimum absolute atomic E-state index is 0.00458. The van der Waals surface area contributed by atoms with Crippen LogP contribution in [0.4, 0.5) is 14.5 Å². The number of nitrogens with zero attached hydrogens (tertiary/aromatic N) is 3. The largest absolute Gasteiger partial charge is 0.457 e. The molecule has 2 N–H and O–H groups in total. The van der Waals surface area contributed by atoms with Gasteiger partial charge in [0.05, 0.1) is 0 Å². The van der Waals surface area contributed by atoms with Gasteiger partial charge < -0.3 is 10.1 Å². The number of aromatic nitrogens is 2. The van der Waals surface area contributed by atoms with E-state index in [2.05, 4.69) is 20.4 Å². The highest BCUT2D eigenvalue weighted by molar-refractivity contribution is 6.31. The molecule has 26 heavy (non-hydrogen) atoms. The number of benzene rings is 1. The van der Waals surface area contributed by atoms with Crippen molar-refractivity contribution in [1.29, 1.82) is 5.53 Å². The van der Waals surface area contributed by atoms with Gasteiger partial charge in [-0.15, -0.1) is 0 Å². The van der Waals surface area contributed by atoms with Crippen molar-refractivity contribution in [2.45, 2.75) is 25.2 Å². The lowest BCUT2D eigenvalue weighted by Crippen LogP contribution is -2.04. The van der Waals surface area contributed by atoms with Gasteiger partial charge in [-0.2, -0.15) is 5.11 Å². The molecule has 3 rings (SSSR count). The van der Waals surface area contributed by atoms with Gasteiger partial charge in [-0.05, 0) is 42.5 Å². The van der Waals surface area contributed by atoms with Crippen molar-refractivity contribution in [2.24, 2.45) is 5.11 Å². The fourth-order valence-electron chi connectivity index (χ4n) is 2.24. The quantitative estimate of drug-likeness (QED) is 0.609. The van der Waals surface area contributed by atoms with Gasteiger partial charge in [-0.3, -0.25) is 0 Å². The maximum atomic E-state index is 12.9. The molecule has 0 radical (unpaired) electrons. The number of halogens is 3. The van der Waals surface area contributed by atoms with Crippen LogP contribution in [0.5, 0.6) is 6.01 Å². The van der Waals surface area contributed by atoms with E-state index in [4.69, 9.17) is 21.9 Å². The number of nitrogens with one attached hydrogen (secondary N) is 2. The fraction of sp³-hybridized carbons (Fsp3) is 0.294. The third-order valence-electron chi connectivity index (χ3n) is 3.83. The molecule has 1 heterocycles. The van der Waals surface area contributed by atoms with E-state index in [1.165, 1.54) is 18.3 Å². The minimum Gasteiger partial charge on any atom is -0.457 e. The number of ether oxygens (including phenoxy) is 1. The standard InChI is InChI=1S/C17H16ClF2N5O/c18-15-4-3-12(5-14(15)16(19)20)22-8-13(25-21)9-26-17-23-6-11(7-24-17)10-1-2-10/h3-8,10,16,21-22H,1-2,9H2/b13-8-,25-21?. The average molecular weight is 380 g/mol. The third-order valence-corrected chi connectivity index (χ3v) is 4.17. The Bertz CT molecular complexity index is 809. The molecular formula is C17H16ClF2N5O. The topological polar surface area (TPSA) is 83.2 Å². The molecule has 1 aromatic carbocycles. The maximum absolute atomic E-state index is 12.9. The van der Waals surface area contributed by atoms with Crippen molar-refractivity contribution in [3.63, 3.8) is 0 Å². The first-order chi connectivity index (χ1) is 12.6. The number of alkyl halides is 2. The highest BCUT2D eigenvalue weighted by Crippen LogP contribution is 2.39. The Kier molecular flexibility index (Phi) is 5.72. The summed E-state index contributed by atoms with van der Waals surface area (Å²) in [6.45, 7) is -0.0332. The fourth-order valence-corrected chi connectivity index (χ4v) is 2.44. The predicted octanol–water partition coefficient (Wildman–Crippen LogP) is 5.31. The molecule has 1 aliphatic carbocycles. The van der Waals surface area contributed by atoms with Crippen molar-refractivity contribution in [3.05, 3.63) is 58.6 Å². The predicted molar refractivity (Wildman–Crippen MR) is 92.8 cm³/mol. The summed E-state index contributed by atoms with van der Waals surface area (Å²) in [5, 5.41) is 6.14. The van der Waals surface area contributed by atoms with Gasteiger partial charge in [-0.1, -0.05) is 11.6 Å². The molecule has 6 nitrogen and oxygen atoms in total. The van der Waals surface area contributed by atoms with Crippen molar-refractivity contribution in [2.75, 3.05) is 11.9 Å². The Morgan fingerprint density at radius 2 is 2.12 bits per heavy atom. The van der Waals surface area contributed by atoms with E-state index in [1.54, 1.807) is 18.5 Å². The first-order valence-corrected chi connectivity index (χ1v) is 8.30. The molecule has 0 unspecified atom stereocenters. The van der Waals surface area contributed by atoms with Gasteiger partial charge in [0.15, 0.2) is 0 Å². The zero-order valence-corrected chi connectivity index (χ0v) is 14.4. The van der Waals surface area contributed by atoms with Crippen LogP contribution < -0.4 is 10.1 Å². The summed E-state index contributed by atoms with van der Waals surface area (Å²) in [6, 6.07) is 4.36. The summed E-state index contributed by atoms with van der Waals surface area (Å²) in [4.78, 5) is 8.25. The normalized spacial score (nSPS) is 14.4. The average Bonchev–Trinajstić information content (AvgIpc) is 3.48. The molecule has 0 bridgehead atoms. The van der Waals surface area contributed by atoms with Crippen LogP contribution in [-0.2, 0) is 0 Å². The zero-order chi connectivity index (χ0) is 18.5. The lowest BCUT2D eigenvalue weighted by atomic mass is 10.2. The third kappa shape index (κ3) is 4.72. The Hall–Kier alpha value is -2.61. The van der Waals surface area contributed by atoms with Crippen molar-refractivity contribution >= 4 is 17.3 Å². The molecule has 0 amide bonds. The van der Waals surface area contributed by atoms with E-state index < -0.39 is 6.43 Å². The van der Waals surface area contributed by atoms with Gasteiger partial charge in [0.2, 0.25) is 0 Å². The van der Waals surface area contributed by atoms with Crippen LogP contribution in [0.25, 0.3) is 0 Å². The highest BCUT2D eigenvalue weighted by Gasteiger charge is 2.24. The maximum Gasteiger partial charge on any atom is 0.316 e. The highest BCUT2D eigenvalue weighted by atomic mass is 35.5. The van der Waals surface area contributed by atoms with E-state index in [-0.39, 0.29) is 28.9 Å². The number of anilines is 1. The Labute approximate surface area is 153 Å². The minimum atomic E-state index is -2.67. The van der Waals surface area contributed by atoms with Crippen LogP contribution in [-0.4, -0.2) is 16.6 Å². The second-order valence-corrected chi connectivity index (χ2v) is 6.20. The molecule has 2 aromatic rings. The molecular weight excluding hydrogens is 364 g/mol. The summed E-state index contributed by atoms with van der Waals surface area (Å²) in [7, 11) is 0. The molecule has 1 saturated carbocycles. The number of rotatable bonds is 8. The van der Waals surface area contributed by atoms with Gasteiger partial charge in [0.1, 0.15) is 12.3 Å². The van der Waals surface area contributed by atoms with E-state index in [9.17, 15) is 8.78 Å². The summed E-state index contributed by atoms with van der Waals surface area (Å²) in [6.07, 6.45) is 4.52. The van der Waals surface area contributed by atoms with Crippen LogP contribution >= 0.6 is 11.6 Å². The molecule has 136 valence electrons. The lowest BCUT2D eigenvalue weighted by molar-refractivity contribution is 0.151. The van der Waals surface area contributed by atoms with E-state index in [1.807, 2.05) is 0 Å². The van der Waals surface area contributed by atoms with Gasteiger partial charge >= 0.3 is 6.01 Å². The van der Waals surface area contributed by atoms with Crippen LogP contribution in [0.2, 0.25) is 5.02 Å². The first-order valence-electron chi connectivity index (χ1n) is 7.92. The smallest absolute Gasteiger partial charge is 0.316 e. The molecule has 0 spiro atoms. The number of hydrogen-bond acceptors (Lipinski definition) is 6. The van der Waals surface area contributed by atoms with Crippen LogP contribution in [0, 0.1) is 5.53 Å². The Morgan fingerprint density at radius 1 is 1.38 bits per heavy atom. The van der Waals surface area contributed by atoms with Gasteiger partial charge in [-0.25, -0.2) is 24.3 Å². The van der Waals surface area contributed by atoms with Crippen molar-refractivity contribution in [3.8, 4) is 6.01 Å². The van der Waals surface area contributed by atoms with Crippen molar-refractivity contribution < 1.29 is 13.5 Å². The molecule has 1 aromatic heterocycles. The van der Waals surface area contributed by atoms with Gasteiger partial charge in [0, 0.05) is 34.9 Å². The molecule has 1 aliphatic rings. The van der Waals surface area contributed by atoms with Crippen LogP contribution in [0.3, 0.4) is 0 Å². The molecule has 0 saturated heterocycles. The monoisotopic (exact) mass is 379 g/mol.